The van der Waals surface area contributed by atoms with Gasteiger partial charge < -0.3 is 5.11 Å². The van der Waals surface area contributed by atoms with Gasteiger partial charge in [0.2, 0.25) is 0 Å². The zero-order valence-electron chi connectivity index (χ0n) is 3.92. The SMILES string of the molecule is [CH2]C/C=C/C(=O)O. The van der Waals surface area contributed by atoms with Crippen LogP contribution in [0.5, 0.6) is 0 Å². The van der Waals surface area contributed by atoms with Crippen molar-refractivity contribution in [2.45, 2.75) is 6.42 Å². The van der Waals surface area contributed by atoms with E-state index in [1.165, 1.54) is 6.08 Å². The van der Waals surface area contributed by atoms with Gasteiger partial charge in [-0.3, -0.25) is 0 Å². The van der Waals surface area contributed by atoms with Gasteiger partial charge in [-0.15, -0.1) is 0 Å². The van der Waals surface area contributed by atoms with Crippen molar-refractivity contribution in [2.75, 3.05) is 0 Å². The molecule has 0 bridgehead atoms. The van der Waals surface area contributed by atoms with Crippen molar-refractivity contribution in [1.29, 1.82) is 0 Å². The lowest BCUT2D eigenvalue weighted by Crippen LogP contribution is -1.84. The molecule has 0 aromatic carbocycles. The van der Waals surface area contributed by atoms with E-state index in [-0.39, 0.29) is 0 Å². The summed E-state index contributed by atoms with van der Waals surface area (Å²) >= 11 is 0. The Morgan fingerprint density at radius 2 is 2.43 bits per heavy atom. The minimum atomic E-state index is -0.913. The van der Waals surface area contributed by atoms with E-state index in [9.17, 15) is 4.79 Å². The Morgan fingerprint density at radius 3 is 2.57 bits per heavy atom. The second-order valence-electron chi connectivity index (χ2n) is 1.03. The standard InChI is InChI=1S/C5H7O2/c1-2-3-4-5(6)7/h3-4H,1-2H2,(H,6,7)/b4-3+. The van der Waals surface area contributed by atoms with Crippen LogP contribution in [0.1, 0.15) is 6.42 Å². The normalized spacial score (nSPS) is 9.86. The number of allylic oxidation sites excluding steroid dienone is 1. The fourth-order valence-electron chi connectivity index (χ4n) is 0.184. The fraction of sp³-hybridized carbons (Fsp3) is 0.200. The van der Waals surface area contributed by atoms with Crippen LogP contribution >= 0.6 is 0 Å². The van der Waals surface area contributed by atoms with Gasteiger partial charge in [0, 0.05) is 6.08 Å². The number of carbonyl (C=O) groups is 1. The summed E-state index contributed by atoms with van der Waals surface area (Å²) in [5, 5.41) is 7.93. The van der Waals surface area contributed by atoms with Crippen molar-refractivity contribution in [3.8, 4) is 0 Å². The molecule has 0 heterocycles. The van der Waals surface area contributed by atoms with E-state index in [4.69, 9.17) is 5.11 Å². The quantitative estimate of drug-likeness (QED) is 0.521. The van der Waals surface area contributed by atoms with Crippen molar-refractivity contribution in [1.82, 2.24) is 0 Å². The highest BCUT2D eigenvalue weighted by Crippen LogP contribution is 1.76. The summed E-state index contributed by atoms with van der Waals surface area (Å²) in [6, 6.07) is 0. The van der Waals surface area contributed by atoms with Crippen molar-refractivity contribution < 1.29 is 9.90 Å². The highest BCUT2D eigenvalue weighted by atomic mass is 16.4. The summed E-state index contributed by atoms with van der Waals surface area (Å²) in [6.45, 7) is 3.41. The lowest BCUT2D eigenvalue weighted by molar-refractivity contribution is -0.131. The first kappa shape index (κ1) is 6.21. The van der Waals surface area contributed by atoms with Crippen LogP contribution in [0, 0.1) is 6.92 Å². The molecule has 0 aliphatic heterocycles. The first-order valence-corrected chi connectivity index (χ1v) is 1.96. The van der Waals surface area contributed by atoms with E-state index in [0.717, 1.165) is 6.08 Å². The minimum absolute atomic E-state index is 0.534. The molecule has 0 aromatic heterocycles. The van der Waals surface area contributed by atoms with E-state index < -0.39 is 5.97 Å². The third kappa shape index (κ3) is 5.21. The molecule has 2 nitrogen and oxygen atoms in total. The van der Waals surface area contributed by atoms with Gasteiger partial charge in [0.25, 0.3) is 0 Å². The van der Waals surface area contributed by atoms with E-state index in [1.54, 1.807) is 0 Å². The molecular weight excluding hydrogens is 92.1 g/mol. The summed E-state index contributed by atoms with van der Waals surface area (Å²) in [7, 11) is 0. The molecule has 0 fully saturated rings. The van der Waals surface area contributed by atoms with E-state index >= 15 is 0 Å². The maximum atomic E-state index is 9.64. The Hall–Kier alpha value is -0.790. The zero-order valence-corrected chi connectivity index (χ0v) is 3.92. The Morgan fingerprint density at radius 1 is 1.86 bits per heavy atom. The van der Waals surface area contributed by atoms with Crippen LogP contribution in [0.4, 0.5) is 0 Å². The average molecular weight is 99.1 g/mol. The molecule has 0 aliphatic carbocycles. The maximum Gasteiger partial charge on any atom is 0.327 e. The number of carboxylic acids is 1. The third-order valence-electron chi connectivity index (χ3n) is 0.427. The number of hydrogen-bond donors (Lipinski definition) is 1. The van der Waals surface area contributed by atoms with E-state index in [2.05, 4.69) is 6.92 Å². The van der Waals surface area contributed by atoms with E-state index in [1.807, 2.05) is 0 Å². The zero-order chi connectivity index (χ0) is 5.70. The van der Waals surface area contributed by atoms with Gasteiger partial charge in [0.1, 0.15) is 0 Å². The van der Waals surface area contributed by atoms with Crippen LogP contribution in [0.3, 0.4) is 0 Å². The topological polar surface area (TPSA) is 37.3 Å². The monoisotopic (exact) mass is 99.0 g/mol. The van der Waals surface area contributed by atoms with Crippen LogP contribution in [-0.2, 0) is 4.79 Å². The average Bonchev–Trinajstić information content (AvgIpc) is 1.61. The summed E-state index contributed by atoms with van der Waals surface area (Å²) in [4.78, 5) is 9.64. The summed E-state index contributed by atoms with van der Waals surface area (Å²) < 4.78 is 0. The van der Waals surface area contributed by atoms with Crippen molar-refractivity contribution in [3.63, 3.8) is 0 Å². The fourth-order valence-corrected chi connectivity index (χ4v) is 0.184. The Kier molecular flexibility index (Phi) is 3.02. The Labute approximate surface area is 42.5 Å². The second kappa shape index (κ2) is 3.40. The number of carboxylic acid groups (broad SMARTS) is 1. The van der Waals surface area contributed by atoms with Crippen molar-refractivity contribution in [3.05, 3.63) is 19.1 Å². The predicted molar refractivity (Wildman–Crippen MR) is 26.7 cm³/mol. The molecule has 0 unspecified atom stereocenters. The van der Waals surface area contributed by atoms with Crippen LogP contribution in [0.2, 0.25) is 0 Å². The van der Waals surface area contributed by atoms with Gasteiger partial charge in [0.15, 0.2) is 0 Å². The molecule has 0 amide bonds. The molecule has 1 radical (unpaired) electrons. The van der Waals surface area contributed by atoms with Crippen molar-refractivity contribution in [2.24, 2.45) is 0 Å². The molecule has 7 heavy (non-hydrogen) atoms. The number of hydrogen-bond acceptors (Lipinski definition) is 1. The molecule has 0 aromatic rings. The predicted octanol–water partition coefficient (Wildman–Crippen LogP) is 0.851. The molecule has 0 rings (SSSR count). The molecule has 2 heteroatoms. The Bertz CT molecular complexity index is 84.1. The molecule has 1 N–H and O–H groups in total. The summed E-state index contributed by atoms with van der Waals surface area (Å²) in [5.41, 5.74) is 0. The molecule has 0 spiro atoms. The van der Waals surface area contributed by atoms with E-state index in [0.29, 0.717) is 6.42 Å². The molecule has 0 atom stereocenters. The molecular formula is C5H7O2. The number of aliphatic carboxylic acids is 1. The molecule has 0 saturated heterocycles. The second-order valence-corrected chi connectivity index (χ2v) is 1.03. The molecule has 0 saturated carbocycles. The van der Waals surface area contributed by atoms with Crippen LogP contribution in [0.15, 0.2) is 12.2 Å². The molecule has 39 valence electrons. The third-order valence-corrected chi connectivity index (χ3v) is 0.427. The molecule has 0 aliphatic rings. The van der Waals surface area contributed by atoms with Crippen LogP contribution in [0.25, 0.3) is 0 Å². The van der Waals surface area contributed by atoms with Crippen LogP contribution < -0.4 is 0 Å². The maximum absolute atomic E-state index is 9.64. The van der Waals surface area contributed by atoms with Gasteiger partial charge in [0.05, 0.1) is 0 Å². The van der Waals surface area contributed by atoms with Gasteiger partial charge in [-0.1, -0.05) is 6.08 Å². The lowest BCUT2D eigenvalue weighted by atomic mass is 10.4. The minimum Gasteiger partial charge on any atom is -0.478 e. The van der Waals surface area contributed by atoms with Gasteiger partial charge >= 0.3 is 5.97 Å². The first-order valence-electron chi connectivity index (χ1n) is 1.96. The van der Waals surface area contributed by atoms with Gasteiger partial charge in [-0.05, 0) is 13.3 Å². The van der Waals surface area contributed by atoms with Crippen LogP contribution in [-0.4, -0.2) is 11.1 Å². The first-order chi connectivity index (χ1) is 3.27. The highest BCUT2D eigenvalue weighted by Gasteiger charge is 1.79. The smallest absolute Gasteiger partial charge is 0.327 e. The summed E-state index contributed by atoms with van der Waals surface area (Å²) in [6.07, 6.45) is 3.10. The van der Waals surface area contributed by atoms with Crippen molar-refractivity contribution >= 4 is 5.97 Å². The Balaban J connectivity index is 3.26. The lowest BCUT2D eigenvalue weighted by Gasteiger charge is -1.73. The summed E-state index contributed by atoms with van der Waals surface area (Å²) in [5.74, 6) is -0.913. The van der Waals surface area contributed by atoms with Gasteiger partial charge in [-0.2, -0.15) is 0 Å². The van der Waals surface area contributed by atoms with Gasteiger partial charge in [-0.25, -0.2) is 4.79 Å². The largest absolute Gasteiger partial charge is 0.478 e. The highest BCUT2D eigenvalue weighted by molar-refractivity contribution is 5.79. The number of rotatable bonds is 2.